The number of carbonyl (C=O) groups excluding carboxylic acids is 1. The summed E-state index contributed by atoms with van der Waals surface area (Å²) in [7, 11) is 4.08. The molecule has 4 fully saturated rings. The fraction of sp³-hybridized carbons (Fsp3) is 0.371. The van der Waals surface area contributed by atoms with Crippen LogP contribution in [0.4, 0.5) is 11.4 Å². The average molecular weight is 535 g/mol. The largest absolute Gasteiger partial charge is 0.478 e. The Bertz CT molecular complexity index is 1390. The van der Waals surface area contributed by atoms with Crippen molar-refractivity contribution in [3.8, 4) is 11.1 Å². The zero-order valence-corrected chi connectivity index (χ0v) is 23.4. The number of nitrogens with zero attached hydrogens (tertiary/aromatic N) is 2. The van der Waals surface area contributed by atoms with E-state index in [4.69, 9.17) is 5.11 Å². The van der Waals surface area contributed by atoms with Crippen molar-refractivity contribution in [2.75, 3.05) is 23.9 Å². The fourth-order valence-electron chi connectivity index (χ4n) is 7.84. The van der Waals surface area contributed by atoms with Crippen molar-refractivity contribution < 1.29 is 14.7 Å². The van der Waals surface area contributed by atoms with E-state index in [1.165, 1.54) is 24.9 Å². The summed E-state index contributed by atoms with van der Waals surface area (Å²) in [5, 5.41) is 9.12. The van der Waals surface area contributed by atoms with Crippen LogP contribution in [0.1, 0.15) is 49.7 Å². The first-order valence-corrected chi connectivity index (χ1v) is 14.5. The van der Waals surface area contributed by atoms with Gasteiger partial charge in [0.1, 0.15) is 0 Å². The van der Waals surface area contributed by atoms with Gasteiger partial charge in [-0.1, -0.05) is 48.5 Å². The van der Waals surface area contributed by atoms with Gasteiger partial charge in [0.25, 0.3) is 0 Å². The standard InChI is InChI=1S/C35H38N2O3/c1-36(2)31-13-11-30(12-14-31)29-9-6-25(7-10-29)23-37(32-5-3-4-24(19-32)8-15-33(38)39)34(40)35-20-26-16-27(21-35)18-28(17-26)22-35/h3-15,19,26-28H,16-18,20-23H2,1-2H3,(H,38,39). The lowest BCUT2D eigenvalue weighted by molar-refractivity contribution is -0.143. The number of carboxylic acid groups (broad SMARTS) is 1. The summed E-state index contributed by atoms with van der Waals surface area (Å²) < 4.78 is 0. The van der Waals surface area contributed by atoms with Crippen LogP contribution in [0.2, 0.25) is 0 Å². The topological polar surface area (TPSA) is 60.9 Å². The van der Waals surface area contributed by atoms with Gasteiger partial charge in [-0.2, -0.15) is 0 Å². The monoisotopic (exact) mass is 534 g/mol. The Morgan fingerprint density at radius 2 is 1.40 bits per heavy atom. The fourth-order valence-corrected chi connectivity index (χ4v) is 7.84. The van der Waals surface area contributed by atoms with E-state index in [9.17, 15) is 9.59 Å². The number of hydrogen-bond acceptors (Lipinski definition) is 3. The zero-order chi connectivity index (χ0) is 27.9. The second kappa shape index (κ2) is 10.6. The van der Waals surface area contributed by atoms with Crippen molar-refractivity contribution in [3.63, 3.8) is 0 Å². The van der Waals surface area contributed by atoms with Crippen LogP contribution in [0.15, 0.2) is 78.9 Å². The van der Waals surface area contributed by atoms with Crippen molar-refractivity contribution in [3.05, 3.63) is 90.0 Å². The molecule has 0 spiro atoms. The predicted octanol–water partition coefficient (Wildman–Crippen LogP) is 7.27. The van der Waals surface area contributed by atoms with E-state index in [2.05, 4.69) is 53.4 Å². The summed E-state index contributed by atoms with van der Waals surface area (Å²) >= 11 is 0. The van der Waals surface area contributed by atoms with E-state index in [0.29, 0.717) is 24.3 Å². The summed E-state index contributed by atoms with van der Waals surface area (Å²) in [5.74, 6) is 1.30. The second-order valence-corrected chi connectivity index (χ2v) is 12.5. The van der Waals surface area contributed by atoms with Crippen molar-refractivity contribution >= 4 is 29.3 Å². The van der Waals surface area contributed by atoms with Gasteiger partial charge in [-0.05, 0) is 109 Å². The maximum Gasteiger partial charge on any atom is 0.328 e. The van der Waals surface area contributed by atoms with Gasteiger partial charge in [0.05, 0.1) is 12.0 Å². The van der Waals surface area contributed by atoms with Gasteiger partial charge in [-0.3, -0.25) is 4.79 Å². The number of anilines is 2. The van der Waals surface area contributed by atoms with Gasteiger partial charge in [-0.15, -0.1) is 0 Å². The average Bonchev–Trinajstić information content (AvgIpc) is 2.94. The molecular formula is C35H38N2O3. The molecule has 0 unspecified atom stereocenters. The Morgan fingerprint density at radius 3 is 1.95 bits per heavy atom. The normalized spacial score (nSPS) is 24.8. The zero-order valence-electron chi connectivity index (χ0n) is 23.4. The Kier molecular flexibility index (Phi) is 6.99. The van der Waals surface area contributed by atoms with Crippen LogP contribution in [0.25, 0.3) is 17.2 Å². The highest BCUT2D eigenvalue weighted by atomic mass is 16.4. The number of hydrogen-bond donors (Lipinski definition) is 1. The van der Waals surface area contributed by atoms with Crippen molar-refractivity contribution in [1.29, 1.82) is 0 Å². The van der Waals surface area contributed by atoms with Gasteiger partial charge < -0.3 is 14.9 Å². The molecule has 5 heteroatoms. The molecule has 0 radical (unpaired) electrons. The summed E-state index contributed by atoms with van der Waals surface area (Å²) in [6.45, 7) is 0.493. The molecule has 3 aromatic rings. The third-order valence-corrected chi connectivity index (χ3v) is 9.35. The minimum atomic E-state index is -0.983. The molecule has 0 aliphatic heterocycles. The molecule has 4 aliphatic rings. The first kappa shape index (κ1) is 26.4. The van der Waals surface area contributed by atoms with E-state index in [1.807, 2.05) is 43.3 Å². The predicted molar refractivity (Wildman–Crippen MR) is 161 cm³/mol. The SMILES string of the molecule is CN(C)c1ccc(-c2ccc(CN(C(=O)C34CC5CC(CC(C5)C3)C4)c3cccc(C=CC(=O)O)c3)cc2)cc1. The smallest absolute Gasteiger partial charge is 0.328 e. The minimum absolute atomic E-state index is 0.245. The number of carbonyl (C=O) groups is 2. The molecule has 40 heavy (non-hydrogen) atoms. The lowest BCUT2D eigenvalue weighted by Gasteiger charge is -2.56. The first-order chi connectivity index (χ1) is 19.3. The highest BCUT2D eigenvalue weighted by Gasteiger charge is 2.55. The van der Waals surface area contributed by atoms with E-state index in [-0.39, 0.29) is 11.3 Å². The second-order valence-electron chi connectivity index (χ2n) is 12.5. The molecule has 4 aliphatic carbocycles. The lowest BCUT2D eigenvalue weighted by Crippen LogP contribution is -2.54. The van der Waals surface area contributed by atoms with E-state index >= 15 is 0 Å². The Labute approximate surface area is 237 Å². The molecule has 4 bridgehead atoms. The highest BCUT2D eigenvalue weighted by Crippen LogP contribution is 2.60. The molecule has 1 amide bonds. The van der Waals surface area contributed by atoms with Gasteiger partial charge in [0.15, 0.2) is 0 Å². The van der Waals surface area contributed by atoms with Crippen molar-refractivity contribution in [1.82, 2.24) is 0 Å². The molecule has 0 heterocycles. The van der Waals surface area contributed by atoms with Gasteiger partial charge in [0.2, 0.25) is 5.91 Å². The van der Waals surface area contributed by atoms with Crippen LogP contribution < -0.4 is 9.80 Å². The number of carboxylic acids is 1. The van der Waals surface area contributed by atoms with Crippen LogP contribution in [-0.2, 0) is 16.1 Å². The summed E-state index contributed by atoms with van der Waals surface area (Å²) in [6, 6.07) is 24.8. The molecule has 0 aromatic heterocycles. The van der Waals surface area contributed by atoms with Crippen LogP contribution in [-0.4, -0.2) is 31.1 Å². The maximum atomic E-state index is 14.6. The summed E-state index contributed by atoms with van der Waals surface area (Å²) in [6.07, 6.45) is 9.64. The molecule has 5 nitrogen and oxygen atoms in total. The van der Waals surface area contributed by atoms with E-state index in [0.717, 1.165) is 53.3 Å². The molecule has 4 saturated carbocycles. The summed E-state index contributed by atoms with van der Waals surface area (Å²) in [4.78, 5) is 29.8. The summed E-state index contributed by atoms with van der Waals surface area (Å²) in [5.41, 5.74) is 5.90. The van der Waals surface area contributed by atoms with Crippen LogP contribution in [0.3, 0.4) is 0 Å². The molecule has 206 valence electrons. The van der Waals surface area contributed by atoms with Crippen LogP contribution in [0, 0.1) is 23.2 Å². The third-order valence-electron chi connectivity index (χ3n) is 9.35. The Hall–Kier alpha value is -3.86. The number of aliphatic carboxylic acids is 1. The quantitative estimate of drug-likeness (QED) is 0.309. The third kappa shape index (κ3) is 5.30. The van der Waals surface area contributed by atoms with Crippen molar-refractivity contribution in [2.24, 2.45) is 23.2 Å². The molecule has 1 N–H and O–H groups in total. The molecule has 7 rings (SSSR count). The Morgan fingerprint density at radius 1 is 0.825 bits per heavy atom. The Balaban J connectivity index is 1.30. The van der Waals surface area contributed by atoms with Crippen LogP contribution >= 0.6 is 0 Å². The van der Waals surface area contributed by atoms with Crippen molar-refractivity contribution in [2.45, 2.75) is 45.1 Å². The van der Waals surface area contributed by atoms with E-state index in [1.54, 1.807) is 6.08 Å². The van der Waals surface area contributed by atoms with Gasteiger partial charge in [0, 0.05) is 31.5 Å². The lowest BCUT2D eigenvalue weighted by atomic mass is 9.49. The molecular weight excluding hydrogens is 496 g/mol. The number of amides is 1. The maximum absolute atomic E-state index is 14.6. The molecule has 3 aromatic carbocycles. The molecule has 0 atom stereocenters. The molecule has 0 saturated heterocycles. The minimum Gasteiger partial charge on any atom is -0.478 e. The van der Waals surface area contributed by atoms with Gasteiger partial charge in [-0.25, -0.2) is 4.79 Å². The number of benzene rings is 3. The van der Waals surface area contributed by atoms with Gasteiger partial charge >= 0.3 is 5.97 Å². The number of rotatable bonds is 8. The first-order valence-electron chi connectivity index (χ1n) is 14.5. The van der Waals surface area contributed by atoms with Crippen LogP contribution in [0.5, 0.6) is 0 Å². The highest BCUT2D eigenvalue weighted by molar-refractivity contribution is 5.98. The van der Waals surface area contributed by atoms with E-state index < -0.39 is 5.97 Å².